The first-order valence-electron chi connectivity index (χ1n) is 4.88. The quantitative estimate of drug-likeness (QED) is 0.909. The normalized spacial score (nSPS) is 13.6. The van der Waals surface area contributed by atoms with Crippen LogP contribution in [-0.2, 0) is 6.18 Å². The zero-order valence-corrected chi connectivity index (χ0v) is 11.4. The third-order valence-corrected chi connectivity index (χ3v) is 3.84. The van der Waals surface area contributed by atoms with Crippen LogP contribution in [-0.4, -0.2) is 9.97 Å². The zero-order valence-electron chi connectivity index (χ0n) is 9.08. The van der Waals surface area contributed by atoms with Gasteiger partial charge in [-0.1, -0.05) is 23.2 Å². The topological polar surface area (TPSA) is 51.8 Å². The molecular weight excluding hydrogens is 322 g/mol. The van der Waals surface area contributed by atoms with Crippen molar-refractivity contribution in [1.82, 2.24) is 9.97 Å². The van der Waals surface area contributed by atoms with Gasteiger partial charge in [-0.25, -0.2) is 4.98 Å². The number of pyridine rings is 1. The molecule has 0 saturated carbocycles. The van der Waals surface area contributed by atoms with Crippen LogP contribution < -0.4 is 5.73 Å². The predicted octanol–water partition coefficient (Wildman–Crippen LogP) is 3.91. The Balaban J connectivity index is 2.34. The molecule has 2 heterocycles. The molecule has 2 N–H and O–H groups in total. The van der Waals surface area contributed by atoms with Crippen molar-refractivity contribution in [2.45, 2.75) is 12.2 Å². The highest BCUT2D eigenvalue weighted by Gasteiger charge is 2.35. The second kappa shape index (κ2) is 5.24. The van der Waals surface area contributed by atoms with E-state index in [1.54, 1.807) is 0 Å². The molecular formula is C10H6Cl2F3N3S. The van der Waals surface area contributed by atoms with Crippen LogP contribution in [0.3, 0.4) is 0 Å². The average Bonchev–Trinajstić information content (AvgIpc) is 2.76. The van der Waals surface area contributed by atoms with Crippen LogP contribution in [0.5, 0.6) is 0 Å². The van der Waals surface area contributed by atoms with E-state index in [2.05, 4.69) is 9.97 Å². The SMILES string of the molecule is NC(c1cnc(C(F)(F)F)s1)c1ncc(Cl)cc1Cl. The average molecular weight is 328 g/mol. The van der Waals surface area contributed by atoms with Gasteiger partial charge in [0.05, 0.1) is 21.8 Å². The molecule has 0 amide bonds. The van der Waals surface area contributed by atoms with E-state index < -0.39 is 17.2 Å². The van der Waals surface area contributed by atoms with Crippen LogP contribution in [0.15, 0.2) is 18.5 Å². The molecule has 0 aliphatic heterocycles. The van der Waals surface area contributed by atoms with Crippen molar-refractivity contribution in [2.75, 3.05) is 0 Å². The Morgan fingerprint density at radius 2 is 1.89 bits per heavy atom. The molecule has 0 saturated heterocycles. The van der Waals surface area contributed by atoms with Gasteiger partial charge in [0.25, 0.3) is 0 Å². The van der Waals surface area contributed by atoms with E-state index in [-0.39, 0.29) is 15.6 Å². The molecule has 19 heavy (non-hydrogen) atoms. The highest BCUT2D eigenvalue weighted by Crippen LogP contribution is 2.36. The first-order valence-corrected chi connectivity index (χ1v) is 6.45. The van der Waals surface area contributed by atoms with Crippen molar-refractivity contribution in [1.29, 1.82) is 0 Å². The molecule has 0 aromatic carbocycles. The van der Waals surface area contributed by atoms with Crippen LogP contribution in [0.25, 0.3) is 0 Å². The standard InChI is InChI=1S/C10H6Cl2F3N3S/c11-4-1-5(12)8(17-2-4)7(16)6-3-18-9(19-6)10(13,14)15/h1-3,7H,16H2. The van der Waals surface area contributed by atoms with Crippen molar-refractivity contribution < 1.29 is 13.2 Å². The van der Waals surface area contributed by atoms with Gasteiger partial charge in [0.15, 0.2) is 5.01 Å². The fourth-order valence-corrected chi connectivity index (χ4v) is 2.64. The third-order valence-electron chi connectivity index (χ3n) is 2.20. The summed E-state index contributed by atoms with van der Waals surface area (Å²) in [6, 6.07) is 0.551. The molecule has 0 spiro atoms. The lowest BCUT2D eigenvalue weighted by Gasteiger charge is -2.10. The minimum Gasteiger partial charge on any atom is -0.318 e. The van der Waals surface area contributed by atoms with Crippen LogP contribution in [0.4, 0.5) is 13.2 Å². The number of nitrogens with two attached hydrogens (primary N) is 1. The summed E-state index contributed by atoms with van der Waals surface area (Å²) in [6.07, 6.45) is -2.08. The summed E-state index contributed by atoms with van der Waals surface area (Å²) >= 11 is 12.1. The highest BCUT2D eigenvalue weighted by atomic mass is 35.5. The maximum absolute atomic E-state index is 12.4. The zero-order chi connectivity index (χ0) is 14.2. The van der Waals surface area contributed by atoms with E-state index in [0.29, 0.717) is 16.4 Å². The fourth-order valence-electron chi connectivity index (χ4n) is 1.35. The lowest BCUT2D eigenvalue weighted by Crippen LogP contribution is -2.12. The Morgan fingerprint density at radius 1 is 1.21 bits per heavy atom. The molecule has 3 nitrogen and oxygen atoms in total. The summed E-state index contributed by atoms with van der Waals surface area (Å²) in [4.78, 5) is 7.46. The number of rotatable bonds is 2. The molecule has 9 heteroatoms. The van der Waals surface area contributed by atoms with Gasteiger partial charge < -0.3 is 5.73 Å². The highest BCUT2D eigenvalue weighted by molar-refractivity contribution is 7.11. The van der Waals surface area contributed by atoms with Crippen LogP contribution in [0.2, 0.25) is 10.0 Å². The van der Waals surface area contributed by atoms with Gasteiger partial charge in [0.2, 0.25) is 0 Å². The van der Waals surface area contributed by atoms with E-state index in [1.807, 2.05) is 0 Å². The number of hydrogen-bond acceptors (Lipinski definition) is 4. The monoisotopic (exact) mass is 327 g/mol. The van der Waals surface area contributed by atoms with Gasteiger partial charge >= 0.3 is 6.18 Å². The molecule has 0 aliphatic carbocycles. The van der Waals surface area contributed by atoms with E-state index in [1.165, 1.54) is 12.3 Å². The van der Waals surface area contributed by atoms with Crippen molar-refractivity contribution in [3.63, 3.8) is 0 Å². The Labute approximate surface area is 120 Å². The number of halogens is 5. The van der Waals surface area contributed by atoms with Crippen LogP contribution in [0.1, 0.15) is 21.6 Å². The van der Waals surface area contributed by atoms with Crippen molar-refractivity contribution in [2.24, 2.45) is 5.73 Å². The summed E-state index contributed by atoms with van der Waals surface area (Å²) in [5.41, 5.74) is 6.09. The molecule has 2 aromatic heterocycles. The molecule has 0 radical (unpaired) electrons. The van der Waals surface area contributed by atoms with Crippen molar-refractivity contribution in [3.8, 4) is 0 Å². The van der Waals surface area contributed by atoms with Gasteiger partial charge in [-0.05, 0) is 6.07 Å². The lowest BCUT2D eigenvalue weighted by molar-refractivity contribution is -0.137. The maximum Gasteiger partial charge on any atom is 0.443 e. The number of thiazole rings is 1. The molecule has 1 unspecified atom stereocenters. The number of aromatic nitrogens is 2. The number of nitrogens with zero attached hydrogens (tertiary/aromatic N) is 2. The Hall–Kier alpha value is -0.890. The van der Waals surface area contributed by atoms with Gasteiger partial charge in [-0.15, -0.1) is 11.3 Å². The Morgan fingerprint density at radius 3 is 2.42 bits per heavy atom. The second-order valence-corrected chi connectivity index (χ2v) is 5.47. The summed E-state index contributed by atoms with van der Waals surface area (Å²) in [6.45, 7) is 0. The van der Waals surface area contributed by atoms with E-state index in [9.17, 15) is 13.2 Å². The third kappa shape index (κ3) is 3.17. The van der Waals surface area contributed by atoms with Crippen LogP contribution >= 0.6 is 34.5 Å². The summed E-state index contributed by atoms with van der Waals surface area (Å²) in [5.74, 6) is 0. The smallest absolute Gasteiger partial charge is 0.318 e. The van der Waals surface area contributed by atoms with E-state index >= 15 is 0 Å². The molecule has 0 fully saturated rings. The Kier molecular flexibility index (Phi) is 4.00. The Bertz CT molecular complexity index is 600. The van der Waals surface area contributed by atoms with Gasteiger partial charge in [-0.3, -0.25) is 4.98 Å². The first-order chi connectivity index (χ1) is 8.79. The van der Waals surface area contributed by atoms with Gasteiger partial charge in [0, 0.05) is 17.3 Å². The summed E-state index contributed by atoms with van der Waals surface area (Å²) in [7, 11) is 0. The number of alkyl halides is 3. The molecule has 2 rings (SSSR count). The van der Waals surface area contributed by atoms with Gasteiger partial charge in [0.1, 0.15) is 0 Å². The fraction of sp³-hybridized carbons (Fsp3) is 0.200. The molecule has 0 aliphatic rings. The van der Waals surface area contributed by atoms with Crippen molar-refractivity contribution >= 4 is 34.5 Å². The maximum atomic E-state index is 12.4. The minimum absolute atomic E-state index is 0.196. The van der Waals surface area contributed by atoms with E-state index in [0.717, 1.165) is 6.20 Å². The second-order valence-electron chi connectivity index (χ2n) is 3.56. The molecule has 102 valence electrons. The van der Waals surface area contributed by atoms with Crippen molar-refractivity contribution in [3.05, 3.63) is 44.1 Å². The largest absolute Gasteiger partial charge is 0.443 e. The lowest BCUT2D eigenvalue weighted by atomic mass is 10.2. The van der Waals surface area contributed by atoms with Gasteiger partial charge in [-0.2, -0.15) is 13.2 Å². The van der Waals surface area contributed by atoms with Crippen LogP contribution in [0, 0.1) is 0 Å². The molecule has 2 aromatic rings. The summed E-state index contributed by atoms with van der Waals surface area (Å²) in [5, 5.41) is -0.439. The molecule has 0 bridgehead atoms. The minimum atomic E-state index is -4.49. The molecule has 1 atom stereocenters. The first kappa shape index (κ1) is 14.5. The number of hydrogen-bond donors (Lipinski definition) is 1. The predicted molar refractivity (Wildman–Crippen MR) is 67.4 cm³/mol. The van der Waals surface area contributed by atoms with E-state index in [4.69, 9.17) is 28.9 Å². The summed E-state index contributed by atoms with van der Waals surface area (Å²) < 4.78 is 37.3.